The highest BCUT2D eigenvalue weighted by Crippen LogP contribution is 2.32. The summed E-state index contributed by atoms with van der Waals surface area (Å²) in [5, 5.41) is 2.64. The van der Waals surface area contributed by atoms with Crippen LogP contribution in [0.2, 0.25) is 5.02 Å². The van der Waals surface area contributed by atoms with Gasteiger partial charge < -0.3 is 5.32 Å². The number of carbonyl (C=O) groups excluding carboxylic acids is 3. The molecule has 5 nitrogen and oxygen atoms in total. The van der Waals surface area contributed by atoms with Gasteiger partial charge in [0.2, 0.25) is 5.91 Å². The highest BCUT2D eigenvalue weighted by molar-refractivity contribution is 14.1. The van der Waals surface area contributed by atoms with Crippen molar-refractivity contribution in [1.29, 1.82) is 0 Å². The molecule has 1 fully saturated rings. The fourth-order valence-electron chi connectivity index (χ4n) is 2.28. The Balaban J connectivity index is 1.71. The van der Waals surface area contributed by atoms with E-state index in [-0.39, 0.29) is 6.54 Å². The summed E-state index contributed by atoms with van der Waals surface area (Å²) in [4.78, 5) is 38.0. The molecule has 0 saturated carbocycles. The van der Waals surface area contributed by atoms with Gasteiger partial charge in [0, 0.05) is 14.3 Å². The first-order valence-corrected chi connectivity index (χ1v) is 9.76. The molecule has 2 aromatic rings. The zero-order valence-corrected chi connectivity index (χ0v) is 17.0. The number of anilines is 1. The molecule has 1 aliphatic heterocycles. The van der Waals surface area contributed by atoms with Crippen molar-refractivity contribution in [2.75, 3.05) is 11.9 Å². The SMILES string of the molecule is O=C(CN1C(=O)SC(=Cc2ccccc2I)C1=O)Nc1cccc(Cl)c1. The molecule has 132 valence electrons. The number of benzene rings is 2. The second-order valence-electron chi connectivity index (χ2n) is 5.35. The van der Waals surface area contributed by atoms with Gasteiger partial charge >= 0.3 is 0 Å². The number of hydrogen-bond acceptors (Lipinski definition) is 4. The number of amides is 3. The Morgan fingerprint density at radius 3 is 2.69 bits per heavy atom. The Hall–Kier alpha value is -1.84. The van der Waals surface area contributed by atoms with E-state index in [1.165, 1.54) is 0 Å². The number of nitrogens with zero attached hydrogens (tertiary/aromatic N) is 1. The third-order valence-corrected chi connectivity index (χ3v) is 5.60. The van der Waals surface area contributed by atoms with Crippen molar-refractivity contribution in [2.24, 2.45) is 0 Å². The second kappa shape index (κ2) is 8.24. The molecule has 26 heavy (non-hydrogen) atoms. The van der Waals surface area contributed by atoms with E-state index < -0.39 is 17.1 Å². The highest BCUT2D eigenvalue weighted by Gasteiger charge is 2.36. The molecular formula is C18H12ClIN2O3S. The maximum atomic E-state index is 12.5. The summed E-state index contributed by atoms with van der Waals surface area (Å²) in [5.74, 6) is -0.939. The minimum Gasteiger partial charge on any atom is -0.324 e. The average molecular weight is 499 g/mol. The van der Waals surface area contributed by atoms with Crippen LogP contribution in [0.5, 0.6) is 0 Å². The lowest BCUT2D eigenvalue weighted by Crippen LogP contribution is -2.36. The van der Waals surface area contributed by atoms with Gasteiger partial charge in [-0.1, -0.05) is 35.9 Å². The molecule has 3 amide bonds. The average Bonchev–Trinajstić information content (AvgIpc) is 2.84. The number of carbonyl (C=O) groups is 3. The highest BCUT2D eigenvalue weighted by atomic mass is 127. The van der Waals surface area contributed by atoms with E-state index in [1.54, 1.807) is 30.3 Å². The largest absolute Gasteiger partial charge is 0.324 e. The van der Waals surface area contributed by atoms with Crippen LogP contribution in [0.3, 0.4) is 0 Å². The molecule has 8 heteroatoms. The van der Waals surface area contributed by atoms with Crippen molar-refractivity contribution in [1.82, 2.24) is 4.90 Å². The van der Waals surface area contributed by atoms with Gasteiger partial charge in [-0.3, -0.25) is 19.3 Å². The van der Waals surface area contributed by atoms with Crippen LogP contribution < -0.4 is 5.32 Å². The van der Waals surface area contributed by atoms with Crippen molar-refractivity contribution < 1.29 is 14.4 Å². The Morgan fingerprint density at radius 1 is 1.19 bits per heavy atom. The van der Waals surface area contributed by atoms with Crippen LogP contribution in [-0.4, -0.2) is 28.5 Å². The number of halogens is 2. The summed E-state index contributed by atoms with van der Waals surface area (Å²) in [6.45, 7) is -0.347. The van der Waals surface area contributed by atoms with E-state index in [2.05, 4.69) is 27.9 Å². The number of hydrogen-bond donors (Lipinski definition) is 1. The van der Waals surface area contributed by atoms with Gasteiger partial charge in [-0.05, 0) is 70.3 Å². The predicted molar refractivity (Wildman–Crippen MR) is 112 cm³/mol. The summed E-state index contributed by atoms with van der Waals surface area (Å²) in [6.07, 6.45) is 1.67. The van der Waals surface area contributed by atoms with E-state index in [0.29, 0.717) is 15.6 Å². The Kier molecular flexibility index (Phi) is 6.00. The molecule has 1 N–H and O–H groups in total. The molecule has 0 aliphatic carbocycles. The number of nitrogens with one attached hydrogen (secondary N) is 1. The van der Waals surface area contributed by atoms with E-state index in [1.807, 2.05) is 24.3 Å². The normalized spacial score (nSPS) is 15.6. The molecule has 0 atom stereocenters. The second-order valence-corrected chi connectivity index (χ2v) is 7.94. The summed E-state index contributed by atoms with van der Waals surface area (Å²) in [7, 11) is 0. The third kappa shape index (κ3) is 4.46. The molecule has 1 aliphatic rings. The van der Waals surface area contributed by atoms with Crippen LogP contribution in [0.1, 0.15) is 5.56 Å². The standard InChI is InChI=1S/C18H12ClIN2O3S/c19-12-5-3-6-13(9-12)21-16(23)10-22-17(24)15(26-18(22)25)8-11-4-1-2-7-14(11)20/h1-9H,10H2,(H,21,23). The van der Waals surface area contributed by atoms with E-state index >= 15 is 0 Å². The topological polar surface area (TPSA) is 66.5 Å². The predicted octanol–water partition coefficient (Wildman–Crippen LogP) is 4.62. The van der Waals surface area contributed by atoms with Crippen molar-refractivity contribution >= 4 is 74.8 Å². The first-order valence-electron chi connectivity index (χ1n) is 7.49. The Morgan fingerprint density at radius 2 is 1.96 bits per heavy atom. The first kappa shape index (κ1) is 18.9. The molecule has 0 aromatic heterocycles. The lowest BCUT2D eigenvalue weighted by Gasteiger charge is -2.12. The van der Waals surface area contributed by atoms with Crippen molar-refractivity contribution in [2.45, 2.75) is 0 Å². The lowest BCUT2D eigenvalue weighted by atomic mass is 10.2. The molecule has 0 unspecified atom stereocenters. The zero-order chi connectivity index (χ0) is 18.7. The fraction of sp³-hybridized carbons (Fsp3) is 0.0556. The van der Waals surface area contributed by atoms with Crippen LogP contribution in [0, 0.1) is 3.57 Å². The number of thioether (sulfide) groups is 1. The molecule has 0 bridgehead atoms. The monoisotopic (exact) mass is 498 g/mol. The molecule has 0 spiro atoms. The van der Waals surface area contributed by atoms with E-state index in [9.17, 15) is 14.4 Å². The van der Waals surface area contributed by atoms with E-state index in [0.717, 1.165) is 25.8 Å². The van der Waals surface area contributed by atoms with Crippen molar-refractivity contribution in [3.05, 3.63) is 67.6 Å². The van der Waals surface area contributed by atoms with Crippen molar-refractivity contribution in [3.63, 3.8) is 0 Å². The van der Waals surface area contributed by atoms with Gasteiger partial charge in [-0.25, -0.2) is 0 Å². The van der Waals surface area contributed by atoms with Gasteiger partial charge in [0.05, 0.1) is 4.91 Å². The summed E-state index contributed by atoms with van der Waals surface area (Å²) in [6, 6.07) is 14.2. The lowest BCUT2D eigenvalue weighted by molar-refractivity contribution is -0.127. The molecule has 1 heterocycles. The van der Waals surface area contributed by atoms with Crippen LogP contribution in [0.25, 0.3) is 6.08 Å². The summed E-state index contributed by atoms with van der Waals surface area (Å²) >= 11 is 8.86. The van der Waals surface area contributed by atoms with Gasteiger partial charge in [0.15, 0.2) is 0 Å². The fourth-order valence-corrected chi connectivity index (χ4v) is 3.84. The molecule has 0 radical (unpaired) electrons. The van der Waals surface area contributed by atoms with Gasteiger partial charge in [-0.2, -0.15) is 0 Å². The van der Waals surface area contributed by atoms with Crippen molar-refractivity contribution in [3.8, 4) is 0 Å². The minimum atomic E-state index is -0.471. The maximum absolute atomic E-state index is 12.5. The van der Waals surface area contributed by atoms with Crippen LogP contribution in [-0.2, 0) is 9.59 Å². The minimum absolute atomic E-state index is 0.301. The number of imide groups is 1. The van der Waals surface area contributed by atoms with Gasteiger partial charge in [-0.15, -0.1) is 0 Å². The van der Waals surface area contributed by atoms with Crippen LogP contribution in [0.4, 0.5) is 10.5 Å². The maximum Gasteiger partial charge on any atom is 0.294 e. The first-order chi connectivity index (χ1) is 12.4. The van der Waals surface area contributed by atoms with Crippen LogP contribution in [0.15, 0.2) is 53.4 Å². The third-order valence-electron chi connectivity index (χ3n) is 3.48. The molecular weight excluding hydrogens is 487 g/mol. The quantitative estimate of drug-likeness (QED) is 0.493. The summed E-state index contributed by atoms with van der Waals surface area (Å²) in [5.41, 5.74) is 1.35. The molecule has 3 rings (SSSR count). The van der Waals surface area contributed by atoms with Gasteiger partial charge in [0.1, 0.15) is 6.54 Å². The van der Waals surface area contributed by atoms with Gasteiger partial charge in [0.25, 0.3) is 11.1 Å². The van der Waals surface area contributed by atoms with Crippen LogP contribution >= 0.6 is 46.0 Å². The Labute approximate surface area is 172 Å². The molecule has 1 saturated heterocycles. The summed E-state index contributed by atoms with van der Waals surface area (Å²) < 4.78 is 0.968. The zero-order valence-electron chi connectivity index (χ0n) is 13.2. The number of rotatable bonds is 4. The van der Waals surface area contributed by atoms with E-state index in [4.69, 9.17) is 11.6 Å². The smallest absolute Gasteiger partial charge is 0.294 e. The Bertz CT molecular complexity index is 932. The molecule has 2 aromatic carbocycles.